The highest BCUT2D eigenvalue weighted by Gasteiger charge is 2.22. The van der Waals surface area contributed by atoms with Crippen molar-refractivity contribution in [2.75, 3.05) is 31.5 Å². The second-order valence-corrected chi connectivity index (χ2v) is 7.84. The first-order valence-electron chi connectivity index (χ1n) is 10.7. The minimum Gasteiger partial charge on any atom is -0.336 e. The van der Waals surface area contributed by atoms with Crippen LogP contribution in [0.4, 0.5) is 5.69 Å². The van der Waals surface area contributed by atoms with E-state index in [9.17, 15) is 9.59 Å². The largest absolute Gasteiger partial charge is 0.336 e. The first-order chi connectivity index (χ1) is 15.2. The highest BCUT2D eigenvalue weighted by molar-refractivity contribution is 5.96. The Kier molecular flexibility index (Phi) is 6.75. The zero-order valence-electron chi connectivity index (χ0n) is 17.5. The van der Waals surface area contributed by atoms with E-state index in [0.29, 0.717) is 17.7 Å². The fourth-order valence-electron chi connectivity index (χ4n) is 3.82. The van der Waals surface area contributed by atoms with Gasteiger partial charge in [-0.05, 0) is 35.4 Å². The maximum Gasteiger partial charge on any atom is 0.253 e. The number of hydrogen-bond acceptors (Lipinski definition) is 3. The van der Waals surface area contributed by atoms with E-state index in [2.05, 4.69) is 34.5 Å². The molecule has 0 aromatic heterocycles. The van der Waals surface area contributed by atoms with Gasteiger partial charge in [-0.25, -0.2) is 0 Å². The van der Waals surface area contributed by atoms with Crippen LogP contribution in [0.3, 0.4) is 0 Å². The van der Waals surface area contributed by atoms with Gasteiger partial charge in [0.2, 0.25) is 5.91 Å². The van der Waals surface area contributed by atoms with Crippen molar-refractivity contribution in [2.45, 2.75) is 13.0 Å². The number of carbonyl (C=O) groups excluding carboxylic acids is 2. The molecule has 0 atom stereocenters. The first kappa shape index (κ1) is 20.8. The molecule has 4 rings (SSSR count). The molecule has 0 unspecified atom stereocenters. The molecule has 0 aliphatic carbocycles. The summed E-state index contributed by atoms with van der Waals surface area (Å²) in [6.07, 6.45) is 0.328. The Morgan fingerprint density at radius 2 is 1.29 bits per heavy atom. The quantitative estimate of drug-likeness (QED) is 0.668. The third-order valence-corrected chi connectivity index (χ3v) is 5.53. The number of carbonyl (C=O) groups is 2. The predicted octanol–water partition coefficient (Wildman–Crippen LogP) is 3.83. The van der Waals surface area contributed by atoms with Gasteiger partial charge in [-0.15, -0.1) is 0 Å². The van der Waals surface area contributed by atoms with Gasteiger partial charge in [0, 0.05) is 44.0 Å². The maximum absolute atomic E-state index is 12.9. The molecular weight excluding hydrogens is 386 g/mol. The Bertz CT molecular complexity index is 996. The fraction of sp³-hybridized carbons (Fsp3) is 0.231. The summed E-state index contributed by atoms with van der Waals surface area (Å²) in [5.41, 5.74) is 3.62. The Hall–Kier alpha value is -3.44. The number of piperazine rings is 1. The molecule has 1 N–H and O–H groups in total. The lowest BCUT2D eigenvalue weighted by molar-refractivity contribution is -0.115. The first-order valence-corrected chi connectivity index (χ1v) is 10.7. The molecule has 0 saturated carbocycles. The Morgan fingerprint density at radius 1 is 0.710 bits per heavy atom. The summed E-state index contributed by atoms with van der Waals surface area (Å²) in [5.74, 6) is -0.0265. The highest BCUT2D eigenvalue weighted by atomic mass is 16.2. The summed E-state index contributed by atoms with van der Waals surface area (Å²) < 4.78 is 0. The van der Waals surface area contributed by atoms with Crippen molar-refractivity contribution < 1.29 is 9.59 Å². The van der Waals surface area contributed by atoms with Crippen LogP contribution in [0, 0.1) is 0 Å². The van der Waals surface area contributed by atoms with Crippen LogP contribution >= 0.6 is 0 Å². The standard InChI is InChI=1S/C26H27N3O2/c30-25(19-21-7-3-1-4-8-21)27-24-13-11-23(12-14-24)26(31)29-17-15-28(16-18-29)20-22-9-5-2-6-10-22/h1-14H,15-20H2,(H,27,30). The number of nitrogens with one attached hydrogen (secondary N) is 1. The van der Waals surface area contributed by atoms with Crippen molar-refractivity contribution >= 4 is 17.5 Å². The lowest BCUT2D eigenvalue weighted by Gasteiger charge is -2.34. The molecule has 1 fully saturated rings. The fourth-order valence-corrected chi connectivity index (χ4v) is 3.82. The Balaban J connectivity index is 1.27. The molecule has 5 heteroatoms. The summed E-state index contributed by atoms with van der Waals surface area (Å²) in [6, 6.07) is 27.2. The highest BCUT2D eigenvalue weighted by Crippen LogP contribution is 2.15. The van der Waals surface area contributed by atoms with Crippen LogP contribution < -0.4 is 5.32 Å². The molecule has 1 aliphatic rings. The van der Waals surface area contributed by atoms with Gasteiger partial charge in [0.25, 0.3) is 5.91 Å². The van der Waals surface area contributed by atoms with Gasteiger partial charge >= 0.3 is 0 Å². The van der Waals surface area contributed by atoms with Crippen molar-refractivity contribution in [1.29, 1.82) is 0 Å². The zero-order chi connectivity index (χ0) is 21.5. The summed E-state index contributed by atoms with van der Waals surface area (Å²) in [6.45, 7) is 4.10. The monoisotopic (exact) mass is 413 g/mol. The molecule has 158 valence electrons. The second kappa shape index (κ2) is 10.0. The predicted molar refractivity (Wildman–Crippen MR) is 123 cm³/mol. The molecule has 2 amide bonds. The summed E-state index contributed by atoms with van der Waals surface area (Å²) in [4.78, 5) is 29.4. The van der Waals surface area contributed by atoms with E-state index in [4.69, 9.17) is 0 Å². The minimum atomic E-state index is -0.0696. The smallest absolute Gasteiger partial charge is 0.253 e. The number of benzene rings is 3. The van der Waals surface area contributed by atoms with Crippen molar-refractivity contribution in [1.82, 2.24) is 9.80 Å². The second-order valence-electron chi connectivity index (χ2n) is 7.84. The van der Waals surface area contributed by atoms with E-state index < -0.39 is 0 Å². The van der Waals surface area contributed by atoms with Crippen molar-refractivity contribution in [3.05, 3.63) is 102 Å². The van der Waals surface area contributed by atoms with Gasteiger partial charge < -0.3 is 10.2 Å². The topological polar surface area (TPSA) is 52.7 Å². The van der Waals surface area contributed by atoms with Gasteiger partial charge in [0.1, 0.15) is 0 Å². The summed E-state index contributed by atoms with van der Waals surface area (Å²) in [7, 11) is 0. The zero-order valence-corrected chi connectivity index (χ0v) is 17.5. The molecule has 31 heavy (non-hydrogen) atoms. The van der Waals surface area contributed by atoms with Crippen LogP contribution in [-0.4, -0.2) is 47.8 Å². The van der Waals surface area contributed by atoms with Crippen LogP contribution in [0.5, 0.6) is 0 Å². The molecule has 1 heterocycles. The normalized spacial score (nSPS) is 14.3. The van der Waals surface area contributed by atoms with E-state index >= 15 is 0 Å². The van der Waals surface area contributed by atoms with Crippen molar-refractivity contribution in [3.8, 4) is 0 Å². The van der Waals surface area contributed by atoms with E-state index in [0.717, 1.165) is 38.3 Å². The third kappa shape index (κ3) is 5.80. The van der Waals surface area contributed by atoms with Crippen molar-refractivity contribution in [2.24, 2.45) is 0 Å². The number of anilines is 1. The van der Waals surface area contributed by atoms with E-state index in [1.165, 1.54) is 5.56 Å². The Morgan fingerprint density at radius 3 is 1.90 bits per heavy atom. The summed E-state index contributed by atoms with van der Waals surface area (Å²) >= 11 is 0. The minimum absolute atomic E-state index is 0.0431. The van der Waals surface area contributed by atoms with Crippen LogP contribution in [0.15, 0.2) is 84.9 Å². The van der Waals surface area contributed by atoms with Crippen LogP contribution in [0.25, 0.3) is 0 Å². The number of nitrogens with zero attached hydrogens (tertiary/aromatic N) is 2. The number of rotatable bonds is 6. The van der Waals surface area contributed by atoms with E-state index in [1.54, 1.807) is 24.3 Å². The third-order valence-electron chi connectivity index (χ3n) is 5.53. The molecule has 0 bridgehead atoms. The molecular formula is C26H27N3O2. The van der Waals surface area contributed by atoms with Crippen molar-refractivity contribution in [3.63, 3.8) is 0 Å². The average molecular weight is 414 g/mol. The number of amides is 2. The van der Waals surface area contributed by atoms with E-state index in [-0.39, 0.29) is 11.8 Å². The average Bonchev–Trinajstić information content (AvgIpc) is 2.81. The Labute approximate surface area is 183 Å². The number of hydrogen-bond donors (Lipinski definition) is 1. The van der Waals surface area contributed by atoms with Gasteiger partial charge in [0.15, 0.2) is 0 Å². The van der Waals surface area contributed by atoms with Gasteiger partial charge in [-0.2, -0.15) is 0 Å². The lowest BCUT2D eigenvalue weighted by Crippen LogP contribution is -2.48. The molecule has 1 aliphatic heterocycles. The van der Waals surface area contributed by atoms with Crippen LogP contribution in [0.1, 0.15) is 21.5 Å². The summed E-state index contributed by atoms with van der Waals surface area (Å²) in [5, 5.41) is 2.89. The molecule has 3 aromatic carbocycles. The lowest BCUT2D eigenvalue weighted by atomic mass is 10.1. The van der Waals surface area contributed by atoms with Gasteiger partial charge in [0.05, 0.1) is 6.42 Å². The SMILES string of the molecule is O=C(Cc1ccccc1)Nc1ccc(C(=O)N2CCN(Cc3ccccc3)CC2)cc1. The van der Waals surface area contributed by atoms with Gasteiger partial charge in [-0.3, -0.25) is 14.5 Å². The maximum atomic E-state index is 12.9. The molecule has 1 saturated heterocycles. The van der Waals surface area contributed by atoms with Crippen LogP contribution in [0.2, 0.25) is 0 Å². The van der Waals surface area contributed by atoms with E-state index in [1.807, 2.05) is 41.3 Å². The molecule has 5 nitrogen and oxygen atoms in total. The molecule has 3 aromatic rings. The van der Waals surface area contributed by atoms with Crippen LogP contribution in [-0.2, 0) is 17.8 Å². The van der Waals surface area contributed by atoms with Gasteiger partial charge in [-0.1, -0.05) is 60.7 Å². The molecule has 0 radical (unpaired) electrons. The molecule has 0 spiro atoms.